The van der Waals surface area contributed by atoms with Gasteiger partial charge < -0.3 is 15.3 Å². The Bertz CT molecular complexity index is 330. The Morgan fingerprint density at radius 1 is 1.31 bits per heavy atom. The van der Waals surface area contributed by atoms with Gasteiger partial charge in [0, 0.05) is 0 Å². The molecule has 3 N–H and O–H groups in total. The molecule has 6 nitrogen and oxygen atoms in total. The van der Waals surface area contributed by atoms with E-state index in [1.165, 1.54) is 13.8 Å². The lowest BCUT2D eigenvalue weighted by Crippen LogP contribution is -2.48. The second-order valence-electron chi connectivity index (χ2n) is 3.62. The molecule has 0 heterocycles. The molecule has 16 heavy (non-hydrogen) atoms. The Balaban J connectivity index is 5.29. The van der Waals surface area contributed by atoms with Gasteiger partial charge in [-0.2, -0.15) is 0 Å². The average Bonchev–Trinajstić information content (AvgIpc) is 2.18. The smallest absolute Gasteiger partial charge is 0.325 e. The summed E-state index contributed by atoms with van der Waals surface area (Å²) in [4.78, 5) is 11.1. The summed E-state index contributed by atoms with van der Waals surface area (Å²) < 4.78 is 21.9. The number of hydrogen-bond donors (Lipinski definition) is 3. The Morgan fingerprint density at radius 3 is 2.00 bits per heavy atom. The molecule has 1 unspecified atom stereocenters. The van der Waals surface area contributed by atoms with E-state index < -0.39 is 39.0 Å². The van der Waals surface area contributed by atoms with E-state index in [9.17, 15) is 13.2 Å². The van der Waals surface area contributed by atoms with E-state index in [1.807, 2.05) is 0 Å². The number of sulfone groups is 1. The SMILES string of the molecule is CCC(CC)(C(=O)O)S(=O)(=O)CC(O)CO. The summed E-state index contributed by atoms with van der Waals surface area (Å²) >= 11 is 0. The fraction of sp³-hybridized carbons (Fsp3) is 0.889. The number of hydrogen-bond acceptors (Lipinski definition) is 5. The number of rotatable bonds is 7. The molecule has 96 valence electrons. The number of aliphatic carboxylic acids is 1. The third-order valence-corrected chi connectivity index (χ3v) is 5.52. The van der Waals surface area contributed by atoms with Crippen LogP contribution in [0.5, 0.6) is 0 Å². The van der Waals surface area contributed by atoms with Crippen molar-refractivity contribution in [3.8, 4) is 0 Å². The largest absolute Gasteiger partial charge is 0.480 e. The third-order valence-electron chi connectivity index (χ3n) is 2.75. The summed E-state index contributed by atoms with van der Waals surface area (Å²) in [6.45, 7) is 2.24. The van der Waals surface area contributed by atoms with Crippen LogP contribution >= 0.6 is 0 Å². The molecule has 0 rings (SSSR count). The second kappa shape index (κ2) is 5.60. The van der Waals surface area contributed by atoms with Crippen LogP contribution in [0.3, 0.4) is 0 Å². The first kappa shape index (κ1) is 15.3. The zero-order valence-corrected chi connectivity index (χ0v) is 10.2. The summed E-state index contributed by atoms with van der Waals surface area (Å²) in [5.41, 5.74) is 0. The monoisotopic (exact) mass is 254 g/mol. The minimum Gasteiger partial charge on any atom is -0.480 e. The number of aliphatic hydroxyl groups is 2. The van der Waals surface area contributed by atoms with Crippen LogP contribution in [0.2, 0.25) is 0 Å². The normalized spacial score (nSPS) is 14.8. The fourth-order valence-electron chi connectivity index (χ4n) is 1.59. The van der Waals surface area contributed by atoms with Crippen molar-refractivity contribution in [3.63, 3.8) is 0 Å². The Kier molecular flexibility index (Phi) is 5.37. The van der Waals surface area contributed by atoms with E-state index in [0.717, 1.165) is 0 Å². The van der Waals surface area contributed by atoms with Crippen LogP contribution in [-0.4, -0.2) is 52.9 Å². The van der Waals surface area contributed by atoms with E-state index in [4.69, 9.17) is 15.3 Å². The highest BCUT2D eigenvalue weighted by Gasteiger charge is 2.48. The van der Waals surface area contributed by atoms with Crippen molar-refractivity contribution < 1.29 is 28.5 Å². The summed E-state index contributed by atoms with van der Waals surface area (Å²) in [5.74, 6) is -2.15. The molecule has 7 heteroatoms. The van der Waals surface area contributed by atoms with Crippen molar-refractivity contribution in [2.45, 2.75) is 37.5 Å². The van der Waals surface area contributed by atoms with Crippen molar-refractivity contribution in [1.29, 1.82) is 0 Å². The van der Waals surface area contributed by atoms with Gasteiger partial charge in [-0.25, -0.2) is 8.42 Å². The molecule has 0 fully saturated rings. The molecule has 0 saturated heterocycles. The van der Waals surface area contributed by atoms with Crippen molar-refractivity contribution >= 4 is 15.8 Å². The molecule has 0 aromatic carbocycles. The Labute approximate surface area is 94.8 Å². The number of carboxylic acids is 1. The molecule has 0 amide bonds. The van der Waals surface area contributed by atoms with Gasteiger partial charge in [0.25, 0.3) is 0 Å². The zero-order chi connectivity index (χ0) is 13.0. The van der Waals surface area contributed by atoms with Gasteiger partial charge >= 0.3 is 5.97 Å². The highest BCUT2D eigenvalue weighted by Crippen LogP contribution is 2.27. The Hall–Kier alpha value is -0.660. The number of carbonyl (C=O) groups is 1. The van der Waals surface area contributed by atoms with E-state index in [-0.39, 0.29) is 12.8 Å². The lowest BCUT2D eigenvalue weighted by atomic mass is 10.0. The first-order chi connectivity index (χ1) is 7.27. The van der Waals surface area contributed by atoms with Gasteiger partial charge in [-0.15, -0.1) is 0 Å². The summed E-state index contributed by atoms with van der Waals surface area (Å²) in [5, 5.41) is 26.7. The van der Waals surface area contributed by atoms with Gasteiger partial charge in [-0.3, -0.25) is 4.79 Å². The topological polar surface area (TPSA) is 112 Å². The first-order valence-electron chi connectivity index (χ1n) is 5.02. The molecule has 0 aliphatic heterocycles. The van der Waals surface area contributed by atoms with Crippen LogP contribution in [0.1, 0.15) is 26.7 Å². The molecule has 0 saturated carbocycles. The van der Waals surface area contributed by atoms with Crippen molar-refractivity contribution in [1.82, 2.24) is 0 Å². The van der Waals surface area contributed by atoms with Crippen molar-refractivity contribution in [2.75, 3.05) is 12.4 Å². The molecule has 0 radical (unpaired) electrons. The molecular weight excluding hydrogens is 236 g/mol. The van der Waals surface area contributed by atoms with Crippen LogP contribution in [0.4, 0.5) is 0 Å². The molecule has 0 aliphatic carbocycles. The van der Waals surface area contributed by atoms with E-state index in [2.05, 4.69) is 0 Å². The molecule has 0 aliphatic rings. The fourth-order valence-corrected chi connectivity index (χ4v) is 3.67. The van der Waals surface area contributed by atoms with Gasteiger partial charge in [-0.05, 0) is 12.8 Å². The molecular formula is C9H18O6S. The minimum absolute atomic E-state index is 0.0701. The second-order valence-corrected chi connectivity index (χ2v) is 5.97. The maximum Gasteiger partial charge on any atom is 0.325 e. The molecule has 0 spiro atoms. The van der Waals surface area contributed by atoms with Gasteiger partial charge in [0.15, 0.2) is 14.6 Å². The lowest BCUT2D eigenvalue weighted by molar-refractivity contribution is -0.140. The summed E-state index contributed by atoms with van der Waals surface area (Å²) in [7, 11) is -4.00. The summed E-state index contributed by atoms with van der Waals surface area (Å²) in [6, 6.07) is 0. The van der Waals surface area contributed by atoms with Crippen molar-refractivity contribution in [2.24, 2.45) is 0 Å². The quantitative estimate of drug-likeness (QED) is 0.559. The number of aliphatic hydroxyl groups excluding tert-OH is 2. The Morgan fingerprint density at radius 2 is 1.75 bits per heavy atom. The van der Waals surface area contributed by atoms with E-state index in [0.29, 0.717) is 0 Å². The molecule has 1 atom stereocenters. The molecule has 0 aromatic rings. The third kappa shape index (κ3) is 2.72. The van der Waals surface area contributed by atoms with Crippen LogP contribution < -0.4 is 0 Å². The van der Waals surface area contributed by atoms with E-state index >= 15 is 0 Å². The van der Waals surface area contributed by atoms with Gasteiger partial charge in [0.1, 0.15) is 0 Å². The maximum atomic E-state index is 11.9. The highest BCUT2D eigenvalue weighted by atomic mass is 32.2. The lowest BCUT2D eigenvalue weighted by Gasteiger charge is -2.27. The van der Waals surface area contributed by atoms with Gasteiger partial charge in [0.2, 0.25) is 0 Å². The van der Waals surface area contributed by atoms with Crippen LogP contribution in [0, 0.1) is 0 Å². The standard InChI is InChI=1S/C9H18O6S/c1-3-9(4-2,8(12)13)16(14,15)6-7(11)5-10/h7,10-11H,3-6H2,1-2H3,(H,12,13). The first-order valence-corrected chi connectivity index (χ1v) is 6.67. The highest BCUT2D eigenvalue weighted by molar-refractivity contribution is 7.93. The minimum atomic E-state index is -4.00. The van der Waals surface area contributed by atoms with Gasteiger partial charge in [-0.1, -0.05) is 13.8 Å². The van der Waals surface area contributed by atoms with Crippen LogP contribution in [-0.2, 0) is 14.6 Å². The summed E-state index contributed by atoms with van der Waals surface area (Å²) in [6.07, 6.45) is -1.58. The van der Waals surface area contributed by atoms with Crippen molar-refractivity contribution in [3.05, 3.63) is 0 Å². The van der Waals surface area contributed by atoms with Crippen LogP contribution in [0.25, 0.3) is 0 Å². The molecule has 0 aromatic heterocycles. The van der Waals surface area contributed by atoms with E-state index in [1.54, 1.807) is 0 Å². The zero-order valence-electron chi connectivity index (χ0n) is 9.38. The van der Waals surface area contributed by atoms with Gasteiger partial charge in [0.05, 0.1) is 18.5 Å². The maximum absolute atomic E-state index is 11.9. The van der Waals surface area contributed by atoms with Crippen LogP contribution in [0.15, 0.2) is 0 Å². The number of carboxylic acid groups (broad SMARTS) is 1. The predicted octanol–water partition coefficient (Wildman–Crippen LogP) is -0.602. The predicted molar refractivity (Wildman–Crippen MR) is 57.8 cm³/mol. The molecule has 0 bridgehead atoms. The average molecular weight is 254 g/mol.